The molecule has 0 bridgehead atoms. The van der Waals surface area contributed by atoms with Crippen molar-refractivity contribution in [3.8, 4) is 11.5 Å². The van der Waals surface area contributed by atoms with Gasteiger partial charge in [-0.15, -0.1) is 0 Å². The summed E-state index contributed by atoms with van der Waals surface area (Å²) in [6.07, 6.45) is 0. The van der Waals surface area contributed by atoms with Crippen molar-refractivity contribution in [3.63, 3.8) is 0 Å². The lowest BCUT2D eigenvalue weighted by Crippen LogP contribution is -2.29. The zero-order valence-corrected chi connectivity index (χ0v) is 15.9. The molecule has 0 aliphatic carbocycles. The van der Waals surface area contributed by atoms with E-state index >= 15 is 0 Å². The van der Waals surface area contributed by atoms with Crippen LogP contribution >= 0.6 is 7.80 Å². The first kappa shape index (κ1) is 18.3. The number of phenolic OH excluding ortho intramolecular Hbond substituents is 2. The third-order valence-electron chi connectivity index (χ3n) is 4.80. The van der Waals surface area contributed by atoms with Gasteiger partial charge in [-0.2, -0.15) is 0 Å². The van der Waals surface area contributed by atoms with E-state index in [1.54, 1.807) is 24.3 Å². The molecule has 0 aliphatic heterocycles. The van der Waals surface area contributed by atoms with Gasteiger partial charge in [0.05, 0.1) is 0 Å². The fourth-order valence-corrected chi connectivity index (χ4v) is 5.29. The average Bonchev–Trinajstić information content (AvgIpc) is 2.65. The Morgan fingerprint density at radius 1 is 0.731 bits per heavy atom. The number of rotatable bonds is 5. The van der Waals surface area contributed by atoms with Crippen LogP contribution in [0, 0.1) is 0 Å². The Morgan fingerprint density at radius 2 is 1.15 bits per heavy atom. The van der Waals surface area contributed by atoms with Crippen molar-refractivity contribution in [2.24, 2.45) is 0 Å². The van der Waals surface area contributed by atoms with Gasteiger partial charge in [-0.25, -0.2) is 0 Å². The molecule has 3 rings (SSSR count). The molecular formula is C22H23O3P. The third kappa shape index (κ3) is 3.68. The number of hydrogen-bond donors (Lipinski definition) is 2. The Bertz CT molecular complexity index is 839. The van der Waals surface area contributed by atoms with Crippen molar-refractivity contribution in [2.45, 2.75) is 24.9 Å². The predicted molar refractivity (Wildman–Crippen MR) is 107 cm³/mol. The summed E-state index contributed by atoms with van der Waals surface area (Å²) in [4.78, 5) is 0. The monoisotopic (exact) mass is 366 g/mol. The second kappa shape index (κ2) is 7.39. The Morgan fingerprint density at radius 3 is 1.58 bits per heavy atom. The lowest BCUT2D eigenvalue weighted by Gasteiger charge is -2.35. The van der Waals surface area contributed by atoms with Gasteiger partial charge in [0.2, 0.25) is 0 Å². The van der Waals surface area contributed by atoms with Crippen LogP contribution in [0.15, 0.2) is 78.9 Å². The fraction of sp³-hybridized carbons (Fsp3) is 0.182. The fourth-order valence-electron chi connectivity index (χ4n) is 3.45. The topological polar surface area (TPSA) is 57.5 Å². The van der Waals surface area contributed by atoms with E-state index in [0.29, 0.717) is 0 Å². The minimum atomic E-state index is -2.13. The molecule has 3 nitrogen and oxygen atoms in total. The normalized spacial score (nSPS) is 12.9. The summed E-state index contributed by atoms with van der Waals surface area (Å²) in [5, 5.41) is 19.6. The zero-order chi connectivity index (χ0) is 18.7. The van der Waals surface area contributed by atoms with Crippen LogP contribution in [0.25, 0.3) is 0 Å². The standard InChI is InChI=1S/C22H23O3P/c1-22(2,26(25)20-6-4-3-5-7-20)21(16-8-12-18(23)13-9-16)17-10-14-19(24)15-11-17/h3-15,21,23-24,26H,1-2H3. The van der Waals surface area contributed by atoms with Crippen LogP contribution in [0.1, 0.15) is 30.9 Å². The van der Waals surface area contributed by atoms with Gasteiger partial charge in [0.25, 0.3) is 0 Å². The molecule has 0 aromatic heterocycles. The summed E-state index contributed by atoms with van der Waals surface area (Å²) < 4.78 is 13.5. The molecule has 3 aromatic rings. The SMILES string of the molecule is CC(C)(C(c1ccc(O)cc1)c1ccc(O)cc1)[PH](=O)c1ccccc1. The van der Waals surface area contributed by atoms with Crippen molar-refractivity contribution in [2.75, 3.05) is 0 Å². The summed E-state index contributed by atoms with van der Waals surface area (Å²) >= 11 is 0. The largest absolute Gasteiger partial charge is 0.508 e. The zero-order valence-electron chi connectivity index (χ0n) is 14.9. The molecule has 3 aromatic carbocycles. The first-order valence-corrected chi connectivity index (χ1v) is 9.98. The first-order valence-electron chi connectivity index (χ1n) is 8.57. The van der Waals surface area contributed by atoms with Gasteiger partial charge in [0, 0.05) is 16.4 Å². The molecule has 0 saturated heterocycles. The highest BCUT2D eigenvalue weighted by Crippen LogP contribution is 2.50. The van der Waals surface area contributed by atoms with Crippen LogP contribution in [0.2, 0.25) is 0 Å². The second-order valence-electron chi connectivity index (χ2n) is 7.03. The van der Waals surface area contributed by atoms with Crippen molar-refractivity contribution in [3.05, 3.63) is 90.0 Å². The van der Waals surface area contributed by atoms with E-state index in [1.165, 1.54) is 0 Å². The van der Waals surface area contributed by atoms with E-state index < -0.39 is 13.0 Å². The lowest BCUT2D eigenvalue weighted by molar-refractivity contribution is 0.474. The van der Waals surface area contributed by atoms with Crippen molar-refractivity contribution < 1.29 is 14.8 Å². The van der Waals surface area contributed by atoms with Gasteiger partial charge >= 0.3 is 0 Å². The molecule has 0 spiro atoms. The summed E-state index contributed by atoms with van der Waals surface area (Å²) in [5.41, 5.74) is 1.96. The Hall–Kier alpha value is -2.51. The molecule has 26 heavy (non-hydrogen) atoms. The highest BCUT2D eigenvalue weighted by molar-refractivity contribution is 7.55. The summed E-state index contributed by atoms with van der Waals surface area (Å²) in [6, 6.07) is 23.6. The van der Waals surface area contributed by atoms with Crippen LogP contribution < -0.4 is 5.30 Å². The van der Waals surface area contributed by atoms with Crippen molar-refractivity contribution >= 4 is 13.1 Å². The molecule has 2 N–H and O–H groups in total. The second-order valence-corrected chi connectivity index (χ2v) is 9.56. The molecule has 0 saturated carbocycles. The van der Waals surface area contributed by atoms with Gasteiger partial charge in [0.15, 0.2) is 0 Å². The van der Waals surface area contributed by atoms with E-state index in [1.807, 2.05) is 68.4 Å². The van der Waals surface area contributed by atoms with E-state index in [9.17, 15) is 14.8 Å². The molecule has 0 heterocycles. The Kier molecular flexibility index (Phi) is 5.20. The maximum absolute atomic E-state index is 13.5. The number of aromatic hydroxyl groups is 2. The minimum Gasteiger partial charge on any atom is -0.508 e. The molecule has 0 amide bonds. The summed E-state index contributed by atoms with van der Waals surface area (Å²) in [7, 11) is -2.13. The van der Waals surface area contributed by atoms with Gasteiger partial charge in [0.1, 0.15) is 19.3 Å². The Balaban J connectivity index is 2.11. The number of phenols is 2. The highest BCUT2D eigenvalue weighted by Gasteiger charge is 2.38. The third-order valence-corrected chi connectivity index (χ3v) is 7.11. The first-order chi connectivity index (χ1) is 12.4. The van der Waals surface area contributed by atoms with Crippen LogP contribution in [0.5, 0.6) is 11.5 Å². The van der Waals surface area contributed by atoms with Gasteiger partial charge in [-0.3, -0.25) is 0 Å². The molecule has 1 atom stereocenters. The maximum Gasteiger partial charge on any atom is 0.115 e. The molecule has 0 aliphatic rings. The lowest BCUT2D eigenvalue weighted by atomic mass is 9.82. The smallest absolute Gasteiger partial charge is 0.115 e. The van der Waals surface area contributed by atoms with Gasteiger partial charge < -0.3 is 14.8 Å². The number of benzene rings is 3. The molecule has 134 valence electrons. The van der Waals surface area contributed by atoms with Crippen LogP contribution in [-0.4, -0.2) is 15.4 Å². The van der Waals surface area contributed by atoms with E-state index in [-0.39, 0.29) is 17.4 Å². The molecular weight excluding hydrogens is 343 g/mol. The maximum atomic E-state index is 13.5. The number of hydrogen-bond acceptors (Lipinski definition) is 3. The van der Waals surface area contributed by atoms with Crippen LogP contribution in [-0.2, 0) is 4.57 Å². The average molecular weight is 366 g/mol. The van der Waals surface area contributed by atoms with Crippen LogP contribution in [0.4, 0.5) is 0 Å². The molecule has 0 fully saturated rings. The summed E-state index contributed by atoms with van der Waals surface area (Å²) in [6.45, 7) is 4.04. The molecule has 1 unspecified atom stereocenters. The van der Waals surface area contributed by atoms with E-state index in [2.05, 4.69) is 0 Å². The molecule has 4 heteroatoms. The molecule has 0 radical (unpaired) electrons. The van der Waals surface area contributed by atoms with Gasteiger partial charge in [-0.1, -0.05) is 68.4 Å². The minimum absolute atomic E-state index is 0.143. The van der Waals surface area contributed by atoms with Gasteiger partial charge in [-0.05, 0) is 35.4 Å². The van der Waals surface area contributed by atoms with Crippen molar-refractivity contribution in [1.29, 1.82) is 0 Å². The van der Waals surface area contributed by atoms with Crippen LogP contribution in [0.3, 0.4) is 0 Å². The Labute approximate surface area is 154 Å². The summed E-state index contributed by atoms with van der Waals surface area (Å²) in [5.74, 6) is 0.258. The van der Waals surface area contributed by atoms with E-state index in [4.69, 9.17) is 0 Å². The predicted octanol–water partition coefficient (Wildman–Crippen LogP) is 4.89. The quantitative estimate of drug-likeness (QED) is 0.632. The van der Waals surface area contributed by atoms with E-state index in [0.717, 1.165) is 16.4 Å². The van der Waals surface area contributed by atoms with Crippen molar-refractivity contribution in [1.82, 2.24) is 0 Å². The highest BCUT2D eigenvalue weighted by atomic mass is 31.1.